The fourth-order valence-electron chi connectivity index (χ4n) is 2.35. The van der Waals surface area contributed by atoms with Gasteiger partial charge < -0.3 is 5.32 Å². The Hall–Kier alpha value is -0.910. The summed E-state index contributed by atoms with van der Waals surface area (Å²) in [7, 11) is -1.56. The molecule has 0 saturated heterocycles. The van der Waals surface area contributed by atoms with Crippen LogP contribution < -0.4 is 10.0 Å². The maximum Gasteiger partial charge on any atom is 0.240 e. The van der Waals surface area contributed by atoms with Crippen LogP contribution >= 0.6 is 0 Å². The van der Waals surface area contributed by atoms with Crippen molar-refractivity contribution in [2.75, 3.05) is 7.05 Å². The third kappa shape index (κ3) is 4.04. The number of sulfonamides is 1. The smallest absolute Gasteiger partial charge is 0.240 e. The lowest BCUT2D eigenvalue weighted by molar-refractivity contribution is 0.529. The zero-order valence-corrected chi connectivity index (χ0v) is 13.2. The minimum Gasteiger partial charge on any atom is -0.313 e. The molecule has 2 atom stereocenters. The Morgan fingerprint density at radius 3 is 2.60 bits per heavy atom. The first-order valence-corrected chi connectivity index (χ1v) is 8.70. The highest BCUT2D eigenvalue weighted by molar-refractivity contribution is 7.89. The molecule has 2 rings (SSSR count). The monoisotopic (exact) mass is 296 g/mol. The highest BCUT2D eigenvalue weighted by atomic mass is 32.2. The molecule has 112 valence electrons. The molecular formula is C15H24N2O2S. The van der Waals surface area contributed by atoms with Gasteiger partial charge in [-0.25, -0.2) is 13.1 Å². The molecule has 5 heteroatoms. The van der Waals surface area contributed by atoms with Crippen molar-refractivity contribution in [3.63, 3.8) is 0 Å². The lowest BCUT2D eigenvalue weighted by Crippen LogP contribution is -2.33. The fraction of sp³-hybridized carbons (Fsp3) is 0.600. The second-order valence-electron chi connectivity index (χ2n) is 5.78. The van der Waals surface area contributed by atoms with Gasteiger partial charge in [0.1, 0.15) is 0 Å². The number of nitrogens with one attached hydrogen (secondary N) is 2. The second kappa shape index (κ2) is 6.24. The molecule has 4 nitrogen and oxygen atoms in total. The van der Waals surface area contributed by atoms with Gasteiger partial charge in [-0.15, -0.1) is 0 Å². The molecule has 1 aromatic carbocycles. The topological polar surface area (TPSA) is 58.2 Å². The maximum absolute atomic E-state index is 12.4. The summed E-state index contributed by atoms with van der Waals surface area (Å²) in [5, 5.41) is 3.12. The van der Waals surface area contributed by atoms with Gasteiger partial charge in [-0.1, -0.05) is 25.0 Å². The summed E-state index contributed by atoms with van der Waals surface area (Å²) in [6.07, 6.45) is 3.41. The zero-order chi connectivity index (χ0) is 14.8. The molecule has 0 aromatic heterocycles. The van der Waals surface area contributed by atoms with Crippen molar-refractivity contribution < 1.29 is 8.42 Å². The number of hydrogen-bond acceptors (Lipinski definition) is 3. The van der Waals surface area contributed by atoms with Gasteiger partial charge in [0.2, 0.25) is 10.0 Å². The van der Waals surface area contributed by atoms with Crippen LogP contribution in [0.25, 0.3) is 0 Å². The largest absolute Gasteiger partial charge is 0.313 e. The minimum absolute atomic E-state index is 0.00196. The number of rotatable bonds is 7. The number of hydrogen-bond donors (Lipinski definition) is 2. The summed E-state index contributed by atoms with van der Waals surface area (Å²) in [6.45, 7) is 3.95. The zero-order valence-electron chi connectivity index (χ0n) is 12.4. The van der Waals surface area contributed by atoms with Gasteiger partial charge in [0.25, 0.3) is 0 Å². The molecule has 0 spiro atoms. The van der Waals surface area contributed by atoms with Gasteiger partial charge in [0.15, 0.2) is 0 Å². The van der Waals surface area contributed by atoms with E-state index in [-0.39, 0.29) is 12.1 Å². The Bertz CT molecular complexity index is 553. The van der Waals surface area contributed by atoms with Gasteiger partial charge in [0.05, 0.1) is 4.90 Å². The summed E-state index contributed by atoms with van der Waals surface area (Å²) >= 11 is 0. The van der Waals surface area contributed by atoms with Crippen molar-refractivity contribution in [3.8, 4) is 0 Å². The molecule has 1 aliphatic rings. The van der Waals surface area contributed by atoms with Gasteiger partial charge in [-0.3, -0.25) is 0 Å². The molecule has 20 heavy (non-hydrogen) atoms. The van der Waals surface area contributed by atoms with Crippen LogP contribution in [0.4, 0.5) is 0 Å². The lowest BCUT2D eigenvalue weighted by atomic mass is 10.1. The molecule has 2 unspecified atom stereocenters. The van der Waals surface area contributed by atoms with E-state index < -0.39 is 10.0 Å². The van der Waals surface area contributed by atoms with Crippen LogP contribution in [0, 0.1) is 5.92 Å². The average Bonchev–Trinajstić information content (AvgIpc) is 3.21. The second-order valence-corrected chi connectivity index (χ2v) is 7.50. The van der Waals surface area contributed by atoms with Crippen LogP contribution in [0.15, 0.2) is 29.2 Å². The van der Waals surface area contributed by atoms with Crippen LogP contribution in [0.1, 0.15) is 44.7 Å². The van der Waals surface area contributed by atoms with Crippen LogP contribution in [0.5, 0.6) is 0 Å². The van der Waals surface area contributed by atoms with Crippen LogP contribution in [-0.4, -0.2) is 21.5 Å². The minimum atomic E-state index is -3.42. The van der Waals surface area contributed by atoms with E-state index in [2.05, 4.69) is 10.0 Å². The van der Waals surface area contributed by atoms with Crippen molar-refractivity contribution in [3.05, 3.63) is 29.8 Å². The first kappa shape index (κ1) is 15.5. The van der Waals surface area contributed by atoms with E-state index in [1.807, 2.05) is 27.0 Å². The van der Waals surface area contributed by atoms with Gasteiger partial charge in [-0.05, 0) is 50.9 Å². The highest BCUT2D eigenvalue weighted by Crippen LogP contribution is 2.33. The average molecular weight is 296 g/mol. The maximum atomic E-state index is 12.4. The Morgan fingerprint density at radius 2 is 2.00 bits per heavy atom. The van der Waals surface area contributed by atoms with Crippen LogP contribution in [0.2, 0.25) is 0 Å². The molecule has 1 fully saturated rings. The Kier molecular flexibility index (Phi) is 4.83. The normalized spacial score (nSPS) is 18.8. The standard InChI is InChI=1S/C15H24N2O2S/c1-11(9-13-7-8-13)17-20(18,19)15-6-4-5-14(10-15)12(2)16-3/h4-6,10-13,16-17H,7-9H2,1-3H3. The van der Waals surface area contributed by atoms with Crippen molar-refractivity contribution in [2.24, 2.45) is 5.92 Å². The van der Waals surface area contributed by atoms with E-state index in [1.165, 1.54) is 12.8 Å². The lowest BCUT2D eigenvalue weighted by Gasteiger charge is -2.16. The van der Waals surface area contributed by atoms with Crippen LogP contribution in [0.3, 0.4) is 0 Å². The van der Waals surface area contributed by atoms with E-state index >= 15 is 0 Å². The van der Waals surface area contributed by atoms with E-state index in [0.717, 1.165) is 12.0 Å². The molecule has 0 aliphatic heterocycles. The fourth-order valence-corrected chi connectivity index (χ4v) is 3.66. The summed E-state index contributed by atoms with van der Waals surface area (Å²) in [6, 6.07) is 7.26. The van der Waals surface area contributed by atoms with Crippen molar-refractivity contribution >= 4 is 10.0 Å². The van der Waals surface area contributed by atoms with E-state index in [4.69, 9.17) is 0 Å². The first-order chi connectivity index (χ1) is 9.42. The van der Waals surface area contributed by atoms with E-state index in [9.17, 15) is 8.42 Å². The molecule has 0 radical (unpaired) electrons. The molecule has 0 bridgehead atoms. The van der Waals surface area contributed by atoms with Gasteiger partial charge >= 0.3 is 0 Å². The molecule has 1 aromatic rings. The summed E-state index contributed by atoms with van der Waals surface area (Å²) in [5.41, 5.74) is 0.977. The van der Waals surface area contributed by atoms with E-state index in [0.29, 0.717) is 10.8 Å². The molecule has 0 heterocycles. The van der Waals surface area contributed by atoms with Crippen molar-refractivity contribution in [1.82, 2.24) is 10.0 Å². The van der Waals surface area contributed by atoms with Crippen LogP contribution in [-0.2, 0) is 10.0 Å². The van der Waals surface area contributed by atoms with Gasteiger partial charge in [-0.2, -0.15) is 0 Å². The van der Waals surface area contributed by atoms with Crippen molar-refractivity contribution in [1.29, 1.82) is 0 Å². The summed E-state index contributed by atoms with van der Waals surface area (Å²) < 4.78 is 27.5. The third-order valence-corrected chi connectivity index (χ3v) is 5.43. The van der Waals surface area contributed by atoms with Gasteiger partial charge in [0, 0.05) is 12.1 Å². The predicted octanol–water partition coefficient (Wildman–Crippen LogP) is 2.43. The third-order valence-electron chi connectivity index (χ3n) is 3.84. The van der Waals surface area contributed by atoms with Crippen molar-refractivity contribution in [2.45, 2.75) is 50.1 Å². The Balaban J connectivity index is 2.11. The molecular weight excluding hydrogens is 272 g/mol. The molecule has 1 aliphatic carbocycles. The summed E-state index contributed by atoms with van der Waals surface area (Å²) in [4.78, 5) is 0.347. The SMILES string of the molecule is CNC(C)c1cccc(S(=O)(=O)NC(C)CC2CC2)c1. The molecule has 1 saturated carbocycles. The Morgan fingerprint density at radius 1 is 1.30 bits per heavy atom. The Labute approximate surface area is 122 Å². The summed E-state index contributed by atoms with van der Waals surface area (Å²) in [5.74, 6) is 0.711. The quantitative estimate of drug-likeness (QED) is 0.812. The number of benzene rings is 1. The highest BCUT2D eigenvalue weighted by Gasteiger charge is 2.26. The molecule has 2 N–H and O–H groups in total. The first-order valence-electron chi connectivity index (χ1n) is 7.22. The molecule has 0 amide bonds. The van der Waals surface area contributed by atoms with E-state index in [1.54, 1.807) is 18.2 Å². The predicted molar refractivity (Wildman–Crippen MR) is 81.0 cm³/mol.